The summed E-state index contributed by atoms with van der Waals surface area (Å²) in [5, 5.41) is 0.185. The van der Waals surface area contributed by atoms with Crippen molar-refractivity contribution < 1.29 is 18.8 Å². The van der Waals surface area contributed by atoms with E-state index in [2.05, 4.69) is 40.8 Å². The second-order valence-corrected chi connectivity index (χ2v) is 17.0. The van der Waals surface area contributed by atoms with Gasteiger partial charge in [-0.2, -0.15) is 0 Å². The highest BCUT2D eigenvalue weighted by Crippen LogP contribution is 2.68. The van der Waals surface area contributed by atoms with E-state index in [1.54, 1.807) is 12.2 Å². The molecule has 5 rings (SSSR count). The fraction of sp³-hybridized carbons (Fsp3) is 0.760. The Morgan fingerprint density at radius 2 is 1.83 bits per heavy atom. The van der Waals surface area contributed by atoms with Gasteiger partial charge in [0.05, 0.1) is 17.6 Å². The normalized spacial score (nSPS) is 45.1. The third-order valence-electron chi connectivity index (χ3n) is 9.74. The van der Waals surface area contributed by atoms with Crippen LogP contribution in [-0.4, -0.2) is 37.2 Å². The lowest BCUT2D eigenvalue weighted by Crippen LogP contribution is -2.63. The number of Topliss-reactive ketones (excluding diaryl/α,β-unsaturated/α-hetero) is 1. The van der Waals surface area contributed by atoms with Gasteiger partial charge < -0.3 is 9.16 Å². The molecule has 0 radical (unpaired) electrons. The average molecular weight is 429 g/mol. The molecule has 164 valence electrons. The molecular weight excluding hydrogens is 392 g/mol. The fourth-order valence-electron chi connectivity index (χ4n) is 7.07. The summed E-state index contributed by atoms with van der Waals surface area (Å²) in [6.07, 6.45) is 10.9. The molecule has 0 aromatic carbocycles. The van der Waals surface area contributed by atoms with Crippen LogP contribution in [0.3, 0.4) is 0 Å². The van der Waals surface area contributed by atoms with E-state index in [-0.39, 0.29) is 34.0 Å². The van der Waals surface area contributed by atoms with E-state index in [9.17, 15) is 9.59 Å². The Kier molecular flexibility index (Phi) is 4.20. The zero-order valence-corrected chi connectivity index (χ0v) is 20.3. The van der Waals surface area contributed by atoms with Crippen LogP contribution in [0.4, 0.5) is 0 Å². The lowest BCUT2D eigenvalue weighted by atomic mass is 9.55. The number of hydrogen-bond acceptors (Lipinski definition) is 4. The molecule has 0 unspecified atom stereocenters. The molecular formula is C25H36O4Si. The van der Waals surface area contributed by atoms with Gasteiger partial charge in [0, 0.05) is 5.57 Å². The molecule has 3 aliphatic carbocycles. The van der Waals surface area contributed by atoms with Crippen molar-refractivity contribution in [2.24, 2.45) is 17.3 Å². The molecule has 0 amide bonds. The van der Waals surface area contributed by atoms with Crippen LogP contribution in [0.15, 0.2) is 23.8 Å². The molecule has 2 bridgehead atoms. The second-order valence-electron chi connectivity index (χ2n) is 12.2. The molecule has 0 aromatic heterocycles. The van der Waals surface area contributed by atoms with Crippen molar-refractivity contribution in [2.75, 3.05) is 0 Å². The first kappa shape index (κ1) is 20.8. The quantitative estimate of drug-likeness (QED) is 0.572. The van der Waals surface area contributed by atoms with Crippen LogP contribution in [0.2, 0.25) is 18.1 Å². The Balaban J connectivity index is 1.50. The van der Waals surface area contributed by atoms with Crippen molar-refractivity contribution >= 4 is 19.9 Å². The van der Waals surface area contributed by atoms with E-state index >= 15 is 0 Å². The number of allylic oxidation sites excluding steroid dienone is 2. The van der Waals surface area contributed by atoms with Crippen molar-refractivity contribution in [3.8, 4) is 0 Å². The molecule has 5 aliphatic rings. The number of carbonyl (C=O) groups excluding carboxylic acids is 2. The highest BCUT2D eigenvalue weighted by atomic mass is 28.4. The number of rotatable bonds is 2. The molecule has 2 heterocycles. The SMILES string of the molecule is CC(C)(C)[Si](C)(C)O[C@H]1CC[C@@H]2[C@]1(C)CC[C@@H]1C(=O)C3=CC(=O)C=C[C@]34CC[C@@]12O4. The van der Waals surface area contributed by atoms with Gasteiger partial charge in [-0.3, -0.25) is 9.59 Å². The van der Waals surface area contributed by atoms with Crippen LogP contribution in [0.1, 0.15) is 66.2 Å². The minimum absolute atomic E-state index is 0.0489. The Morgan fingerprint density at radius 1 is 1.10 bits per heavy atom. The number of carbonyl (C=O) groups is 2. The van der Waals surface area contributed by atoms with Crippen molar-refractivity contribution in [1.29, 1.82) is 0 Å². The molecule has 2 spiro atoms. The molecule has 30 heavy (non-hydrogen) atoms. The average Bonchev–Trinajstić information content (AvgIpc) is 3.14. The van der Waals surface area contributed by atoms with Crippen molar-refractivity contribution in [2.45, 2.75) is 102 Å². The van der Waals surface area contributed by atoms with Gasteiger partial charge in [-0.25, -0.2) is 0 Å². The maximum Gasteiger partial charge on any atom is 0.192 e. The predicted molar refractivity (Wildman–Crippen MR) is 119 cm³/mol. The van der Waals surface area contributed by atoms with E-state index in [0.29, 0.717) is 11.5 Å². The molecule has 2 saturated heterocycles. The lowest BCUT2D eigenvalue weighted by molar-refractivity contribution is -0.202. The smallest absolute Gasteiger partial charge is 0.192 e. The Morgan fingerprint density at radius 3 is 2.53 bits per heavy atom. The Bertz CT molecular complexity index is 880. The third-order valence-corrected chi connectivity index (χ3v) is 14.2. The highest BCUT2D eigenvalue weighted by molar-refractivity contribution is 6.74. The van der Waals surface area contributed by atoms with E-state index < -0.39 is 19.5 Å². The minimum atomic E-state index is -1.88. The molecule has 5 heteroatoms. The van der Waals surface area contributed by atoms with Gasteiger partial charge in [0.25, 0.3) is 0 Å². The van der Waals surface area contributed by atoms with Gasteiger partial charge in [-0.1, -0.05) is 27.7 Å². The summed E-state index contributed by atoms with van der Waals surface area (Å²) in [5.74, 6) is 0.321. The number of ketones is 2. The maximum atomic E-state index is 13.6. The fourth-order valence-corrected chi connectivity index (χ4v) is 8.52. The second kappa shape index (κ2) is 6.05. The zero-order valence-electron chi connectivity index (χ0n) is 19.3. The molecule has 4 fully saturated rings. The van der Waals surface area contributed by atoms with Gasteiger partial charge in [0.1, 0.15) is 5.60 Å². The Hall–Kier alpha value is -1.04. The molecule has 2 saturated carbocycles. The van der Waals surface area contributed by atoms with Crippen LogP contribution in [0.5, 0.6) is 0 Å². The van der Waals surface area contributed by atoms with Crippen molar-refractivity contribution in [3.63, 3.8) is 0 Å². The van der Waals surface area contributed by atoms with Crippen molar-refractivity contribution in [1.82, 2.24) is 0 Å². The summed E-state index contributed by atoms with van der Waals surface area (Å²) in [6, 6.07) is 0. The summed E-state index contributed by atoms with van der Waals surface area (Å²) >= 11 is 0. The third kappa shape index (κ3) is 2.52. The summed E-state index contributed by atoms with van der Waals surface area (Å²) in [4.78, 5) is 25.6. The standard InChI is InChI=1S/C25H36O4Si/c1-22(2,3)30(5,6)28-20-8-7-19-23(20,4)11-10-17-21(27)18-15-16(26)9-12-24(18)13-14-25(17,19)29-24/h9,12,15,17,19-20H,7-8,10-11,13-14H2,1-6H3/t17-,19-,20+,23+,24+,25-/m1/s1. The summed E-state index contributed by atoms with van der Waals surface area (Å²) in [7, 11) is -1.88. The first-order valence-corrected chi connectivity index (χ1v) is 14.6. The first-order valence-electron chi connectivity index (χ1n) is 11.7. The number of fused-ring (bicyclic) bond motifs is 1. The van der Waals surface area contributed by atoms with Crippen LogP contribution >= 0.6 is 0 Å². The lowest BCUT2D eigenvalue weighted by Gasteiger charge is -2.57. The van der Waals surface area contributed by atoms with Gasteiger partial charge in [-0.15, -0.1) is 0 Å². The number of hydrogen-bond donors (Lipinski definition) is 0. The largest absolute Gasteiger partial charge is 0.413 e. The molecule has 0 aromatic rings. The molecule has 4 nitrogen and oxygen atoms in total. The van der Waals surface area contributed by atoms with Gasteiger partial charge >= 0.3 is 0 Å². The van der Waals surface area contributed by atoms with Crippen LogP contribution in [-0.2, 0) is 18.8 Å². The van der Waals surface area contributed by atoms with Crippen molar-refractivity contribution in [3.05, 3.63) is 23.8 Å². The predicted octanol–water partition coefficient (Wildman–Crippen LogP) is 5.14. The van der Waals surface area contributed by atoms with Crippen LogP contribution < -0.4 is 0 Å². The summed E-state index contributed by atoms with van der Waals surface area (Å²) in [5.41, 5.74) is -0.396. The van der Waals surface area contributed by atoms with E-state index in [1.807, 2.05) is 6.08 Å². The topological polar surface area (TPSA) is 52.6 Å². The molecule has 2 aliphatic heterocycles. The van der Waals surface area contributed by atoms with Crippen LogP contribution in [0, 0.1) is 17.3 Å². The molecule has 6 atom stereocenters. The highest BCUT2D eigenvalue weighted by Gasteiger charge is 2.71. The van der Waals surface area contributed by atoms with E-state index in [1.165, 1.54) is 0 Å². The maximum absolute atomic E-state index is 13.6. The molecule has 0 N–H and O–H groups in total. The van der Waals surface area contributed by atoms with Gasteiger partial charge in [-0.05, 0) is 86.2 Å². The van der Waals surface area contributed by atoms with Crippen LogP contribution in [0.25, 0.3) is 0 Å². The summed E-state index contributed by atoms with van der Waals surface area (Å²) < 4.78 is 13.9. The zero-order chi connectivity index (χ0) is 21.7. The van der Waals surface area contributed by atoms with Gasteiger partial charge in [0.15, 0.2) is 19.9 Å². The van der Waals surface area contributed by atoms with E-state index in [0.717, 1.165) is 38.5 Å². The first-order chi connectivity index (χ1) is 13.8. The Labute approximate surface area is 181 Å². The summed E-state index contributed by atoms with van der Waals surface area (Å²) in [6.45, 7) is 14.0. The monoisotopic (exact) mass is 428 g/mol. The minimum Gasteiger partial charge on any atom is -0.413 e. The van der Waals surface area contributed by atoms with Gasteiger partial charge in [0.2, 0.25) is 0 Å². The van der Waals surface area contributed by atoms with E-state index in [4.69, 9.17) is 9.16 Å². The number of ether oxygens (including phenoxy) is 1.